The van der Waals surface area contributed by atoms with Crippen molar-refractivity contribution < 1.29 is 4.79 Å². The summed E-state index contributed by atoms with van der Waals surface area (Å²) in [5, 5.41) is 3.56. The van der Waals surface area contributed by atoms with Crippen LogP contribution in [0.15, 0.2) is 16.6 Å². The molecule has 1 N–H and O–H groups in total. The standard InChI is InChI=1S/C13H16BrClN2O/c1-9-7-10(14)12(8-11(9)15)16-13(18)17-5-3-2-4-6-17/h7-8H,2-6H2,1H3,(H,16,18). The summed E-state index contributed by atoms with van der Waals surface area (Å²) in [6, 6.07) is 3.65. The molecule has 5 heteroatoms. The lowest BCUT2D eigenvalue weighted by atomic mass is 10.1. The van der Waals surface area contributed by atoms with Gasteiger partial charge in [-0.1, -0.05) is 11.6 Å². The molecule has 3 nitrogen and oxygen atoms in total. The Kier molecular flexibility index (Phi) is 4.51. The third-order valence-electron chi connectivity index (χ3n) is 3.13. The van der Waals surface area contributed by atoms with E-state index in [-0.39, 0.29) is 6.03 Å². The Morgan fingerprint density at radius 3 is 2.67 bits per heavy atom. The average molecular weight is 332 g/mol. The minimum atomic E-state index is -0.0460. The zero-order valence-electron chi connectivity index (χ0n) is 10.3. The number of hydrogen-bond donors (Lipinski definition) is 1. The van der Waals surface area contributed by atoms with Gasteiger partial charge in [0.1, 0.15) is 0 Å². The Labute approximate surface area is 121 Å². The molecule has 0 unspecified atom stereocenters. The summed E-state index contributed by atoms with van der Waals surface area (Å²) in [4.78, 5) is 13.9. The van der Waals surface area contributed by atoms with E-state index in [9.17, 15) is 4.79 Å². The minimum Gasteiger partial charge on any atom is -0.325 e. The molecule has 0 saturated carbocycles. The number of likely N-dealkylation sites (tertiary alicyclic amines) is 1. The molecule has 2 rings (SSSR count). The Morgan fingerprint density at radius 1 is 1.33 bits per heavy atom. The molecule has 1 aliphatic heterocycles. The maximum Gasteiger partial charge on any atom is 0.321 e. The normalized spacial score (nSPS) is 15.6. The fourth-order valence-electron chi connectivity index (χ4n) is 2.03. The maximum atomic E-state index is 12.1. The van der Waals surface area contributed by atoms with Crippen LogP contribution in [0.25, 0.3) is 0 Å². The van der Waals surface area contributed by atoms with Crippen molar-refractivity contribution in [2.24, 2.45) is 0 Å². The molecule has 1 heterocycles. The zero-order valence-corrected chi connectivity index (χ0v) is 12.6. The zero-order chi connectivity index (χ0) is 13.1. The highest BCUT2D eigenvalue weighted by atomic mass is 79.9. The number of carbonyl (C=O) groups is 1. The Bertz CT molecular complexity index is 459. The van der Waals surface area contributed by atoms with Crippen molar-refractivity contribution in [2.75, 3.05) is 18.4 Å². The van der Waals surface area contributed by atoms with E-state index in [1.54, 1.807) is 6.07 Å². The minimum absolute atomic E-state index is 0.0460. The number of aryl methyl sites for hydroxylation is 1. The Hall–Kier alpha value is -0.740. The van der Waals surface area contributed by atoms with E-state index in [4.69, 9.17) is 11.6 Å². The molecule has 1 aromatic carbocycles. The first-order chi connectivity index (χ1) is 8.58. The first-order valence-electron chi connectivity index (χ1n) is 6.09. The molecule has 0 aliphatic carbocycles. The number of piperidine rings is 1. The van der Waals surface area contributed by atoms with Gasteiger partial charge in [0.05, 0.1) is 5.69 Å². The van der Waals surface area contributed by atoms with Crippen molar-refractivity contribution in [1.29, 1.82) is 0 Å². The molecule has 0 atom stereocenters. The Morgan fingerprint density at radius 2 is 2.00 bits per heavy atom. The summed E-state index contributed by atoms with van der Waals surface area (Å²) in [6.45, 7) is 3.61. The molecule has 1 fully saturated rings. The first-order valence-corrected chi connectivity index (χ1v) is 7.26. The van der Waals surface area contributed by atoms with Gasteiger partial charge in [0.2, 0.25) is 0 Å². The molecular weight excluding hydrogens is 316 g/mol. The summed E-state index contributed by atoms with van der Waals surface area (Å²) in [5.41, 5.74) is 1.71. The second-order valence-corrected chi connectivity index (χ2v) is 5.82. The highest BCUT2D eigenvalue weighted by molar-refractivity contribution is 9.10. The van der Waals surface area contributed by atoms with Crippen LogP contribution in [0, 0.1) is 6.92 Å². The predicted molar refractivity (Wildman–Crippen MR) is 78.3 cm³/mol. The molecule has 98 valence electrons. The van der Waals surface area contributed by atoms with Crippen LogP contribution < -0.4 is 5.32 Å². The van der Waals surface area contributed by atoms with Crippen molar-refractivity contribution in [3.05, 3.63) is 27.2 Å². The van der Waals surface area contributed by atoms with Gasteiger partial charge in [0.25, 0.3) is 0 Å². The van der Waals surface area contributed by atoms with E-state index in [1.807, 2.05) is 17.9 Å². The van der Waals surface area contributed by atoms with E-state index < -0.39 is 0 Å². The second-order valence-electron chi connectivity index (χ2n) is 4.56. The van der Waals surface area contributed by atoms with Crippen molar-refractivity contribution in [2.45, 2.75) is 26.2 Å². The van der Waals surface area contributed by atoms with Crippen molar-refractivity contribution in [1.82, 2.24) is 4.90 Å². The largest absolute Gasteiger partial charge is 0.325 e. The van der Waals surface area contributed by atoms with Gasteiger partial charge in [0, 0.05) is 22.6 Å². The van der Waals surface area contributed by atoms with Gasteiger partial charge >= 0.3 is 6.03 Å². The number of carbonyl (C=O) groups excluding carboxylic acids is 1. The molecule has 0 bridgehead atoms. The van der Waals surface area contributed by atoms with Crippen LogP contribution in [0.3, 0.4) is 0 Å². The van der Waals surface area contributed by atoms with Crippen LogP contribution in [0.5, 0.6) is 0 Å². The summed E-state index contributed by atoms with van der Waals surface area (Å²) in [7, 11) is 0. The van der Waals surface area contributed by atoms with E-state index >= 15 is 0 Å². The molecule has 0 aromatic heterocycles. The lowest BCUT2D eigenvalue weighted by Crippen LogP contribution is -2.38. The molecular formula is C13H16BrClN2O. The van der Waals surface area contributed by atoms with Crippen molar-refractivity contribution in [3.63, 3.8) is 0 Å². The van der Waals surface area contributed by atoms with Crippen molar-refractivity contribution >= 4 is 39.2 Å². The highest BCUT2D eigenvalue weighted by Crippen LogP contribution is 2.29. The molecule has 1 saturated heterocycles. The van der Waals surface area contributed by atoms with E-state index in [0.29, 0.717) is 5.02 Å². The number of halogens is 2. The fourth-order valence-corrected chi connectivity index (χ4v) is 2.75. The van der Waals surface area contributed by atoms with Crippen LogP contribution >= 0.6 is 27.5 Å². The summed E-state index contributed by atoms with van der Waals surface area (Å²) < 4.78 is 0.856. The molecule has 0 radical (unpaired) electrons. The molecule has 1 aliphatic rings. The number of nitrogens with zero attached hydrogens (tertiary/aromatic N) is 1. The second kappa shape index (κ2) is 5.93. The summed E-state index contributed by atoms with van der Waals surface area (Å²) in [5.74, 6) is 0. The van der Waals surface area contributed by atoms with Crippen LogP contribution in [0.4, 0.5) is 10.5 Å². The third kappa shape index (κ3) is 3.18. The molecule has 0 spiro atoms. The number of anilines is 1. The van der Waals surface area contributed by atoms with Crippen LogP contribution in [0.1, 0.15) is 24.8 Å². The van der Waals surface area contributed by atoms with Crippen molar-refractivity contribution in [3.8, 4) is 0 Å². The van der Waals surface area contributed by atoms with Gasteiger partial charge in [-0.05, 0) is 59.8 Å². The number of hydrogen-bond acceptors (Lipinski definition) is 1. The predicted octanol–water partition coefficient (Wildman–Crippen LogP) is 4.43. The smallest absolute Gasteiger partial charge is 0.321 e. The topological polar surface area (TPSA) is 32.3 Å². The van der Waals surface area contributed by atoms with Crippen LogP contribution in [-0.2, 0) is 0 Å². The molecule has 18 heavy (non-hydrogen) atoms. The number of nitrogens with one attached hydrogen (secondary N) is 1. The lowest BCUT2D eigenvalue weighted by molar-refractivity contribution is 0.200. The third-order valence-corrected chi connectivity index (χ3v) is 4.20. The fraction of sp³-hybridized carbons (Fsp3) is 0.462. The van der Waals surface area contributed by atoms with E-state index in [1.165, 1.54) is 6.42 Å². The van der Waals surface area contributed by atoms with E-state index in [2.05, 4.69) is 21.2 Å². The molecule has 2 amide bonds. The summed E-state index contributed by atoms with van der Waals surface area (Å²) in [6.07, 6.45) is 3.39. The SMILES string of the molecule is Cc1cc(Br)c(NC(=O)N2CCCCC2)cc1Cl. The first kappa shape index (κ1) is 13.7. The number of amides is 2. The lowest BCUT2D eigenvalue weighted by Gasteiger charge is -2.27. The average Bonchev–Trinajstić information content (AvgIpc) is 2.37. The van der Waals surface area contributed by atoms with Gasteiger partial charge in [-0.25, -0.2) is 4.79 Å². The van der Waals surface area contributed by atoms with Gasteiger partial charge in [-0.2, -0.15) is 0 Å². The number of benzene rings is 1. The highest BCUT2D eigenvalue weighted by Gasteiger charge is 2.17. The number of rotatable bonds is 1. The van der Waals surface area contributed by atoms with Crippen LogP contribution in [-0.4, -0.2) is 24.0 Å². The van der Waals surface area contributed by atoms with Gasteiger partial charge in [0.15, 0.2) is 0 Å². The molecule has 1 aromatic rings. The summed E-state index contributed by atoms with van der Waals surface area (Å²) >= 11 is 9.51. The van der Waals surface area contributed by atoms with Gasteiger partial charge in [-0.3, -0.25) is 0 Å². The van der Waals surface area contributed by atoms with Gasteiger partial charge < -0.3 is 10.2 Å². The van der Waals surface area contributed by atoms with Gasteiger partial charge in [-0.15, -0.1) is 0 Å². The monoisotopic (exact) mass is 330 g/mol. The van der Waals surface area contributed by atoms with Crippen LogP contribution in [0.2, 0.25) is 5.02 Å². The van der Waals surface area contributed by atoms with E-state index in [0.717, 1.165) is 41.7 Å². The quantitative estimate of drug-likeness (QED) is 0.811. The maximum absolute atomic E-state index is 12.1. The Balaban J connectivity index is 2.08. The number of urea groups is 1.